The maximum atomic E-state index is 13.5. The van der Waals surface area contributed by atoms with Gasteiger partial charge in [-0.1, -0.05) is 0 Å². The Morgan fingerprint density at radius 2 is 1.93 bits per heavy atom. The highest BCUT2D eigenvalue weighted by Crippen LogP contribution is 2.26. The number of rotatable bonds is 4. The summed E-state index contributed by atoms with van der Waals surface area (Å²) >= 11 is 0. The second-order valence-corrected chi connectivity index (χ2v) is 6.98. The molecule has 150 valence electrons. The second kappa shape index (κ2) is 7.60. The number of hydrogen-bond acceptors (Lipinski definition) is 7. The van der Waals surface area contributed by atoms with Gasteiger partial charge in [-0.25, -0.2) is 19.0 Å². The van der Waals surface area contributed by atoms with Gasteiger partial charge < -0.3 is 10.1 Å². The topological polar surface area (TPSA) is 94.8 Å². The van der Waals surface area contributed by atoms with E-state index >= 15 is 0 Å². The summed E-state index contributed by atoms with van der Waals surface area (Å²) in [7, 11) is 0. The van der Waals surface area contributed by atoms with Crippen LogP contribution in [0.25, 0.3) is 22.2 Å². The van der Waals surface area contributed by atoms with Gasteiger partial charge in [0.15, 0.2) is 0 Å². The van der Waals surface area contributed by atoms with Gasteiger partial charge in [-0.3, -0.25) is 9.78 Å². The van der Waals surface area contributed by atoms with Crippen molar-refractivity contribution >= 4 is 16.7 Å². The van der Waals surface area contributed by atoms with Crippen LogP contribution in [-0.4, -0.2) is 44.0 Å². The fraction of sp³-hybridized carbons (Fsp3) is 0.190. The zero-order chi connectivity index (χ0) is 20.5. The lowest BCUT2D eigenvalue weighted by atomic mass is 10.1. The third-order valence-corrected chi connectivity index (χ3v) is 5.09. The van der Waals surface area contributed by atoms with Gasteiger partial charge in [0.25, 0.3) is 5.56 Å². The third kappa shape index (κ3) is 3.39. The predicted molar refractivity (Wildman–Crippen MR) is 108 cm³/mol. The maximum absolute atomic E-state index is 13.5. The first kappa shape index (κ1) is 18.3. The Morgan fingerprint density at radius 1 is 1.07 bits per heavy atom. The molecule has 1 aliphatic rings. The lowest BCUT2D eigenvalue weighted by Gasteiger charge is -2.21. The smallest absolute Gasteiger partial charge is 0.267 e. The Bertz CT molecular complexity index is 1260. The van der Waals surface area contributed by atoms with Crippen LogP contribution in [0.4, 0.5) is 10.2 Å². The lowest BCUT2D eigenvalue weighted by molar-refractivity contribution is 0.183. The monoisotopic (exact) mass is 404 g/mol. The first-order chi connectivity index (χ1) is 14.7. The molecule has 0 saturated carbocycles. The summed E-state index contributed by atoms with van der Waals surface area (Å²) in [4.78, 5) is 25.0. The van der Waals surface area contributed by atoms with Crippen LogP contribution in [0.1, 0.15) is 6.04 Å². The van der Waals surface area contributed by atoms with Crippen LogP contribution in [0.2, 0.25) is 0 Å². The molecule has 4 heterocycles. The molecule has 4 aromatic rings. The normalized spacial score (nSPS) is 18.6. The SMILES string of the molecule is O=c1ccc(-c2ccncc2)nn1C1COCC1Nc1ncnc2cc(F)ccc12. The van der Waals surface area contributed by atoms with Crippen molar-refractivity contribution in [3.63, 3.8) is 0 Å². The van der Waals surface area contributed by atoms with E-state index in [0.29, 0.717) is 35.6 Å². The van der Waals surface area contributed by atoms with Crippen LogP contribution in [0.5, 0.6) is 0 Å². The van der Waals surface area contributed by atoms with Crippen molar-refractivity contribution in [3.05, 3.63) is 77.4 Å². The number of aromatic nitrogens is 5. The van der Waals surface area contributed by atoms with Crippen molar-refractivity contribution < 1.29 is 9.13 Å². The molecule has 1 saturated heterocycles. The molecule has 1 aromatic carbocycles. The van der Waals surface area contributed by atoms with Crippen LogP contribution in [0, 0.1) is 5.82 Å². The minimum atomic E-state index is -0.363. The van der Waals surface area contributed by atoms with E-state index in [4.69, 9.17) is 4.74 Å². The van der Waals surface area contributed by atoms with Gasteiger partial charge in [0.1, 0.15) is 24.0 Å². The van der Waals surface area contributed by atoms with E-state index in [1.807, 2.05) is 12.1 Å². The van der Waals surface area contributed by atoms with E-state index in [-0.39, 0.29) is 23.5 Å². The molecule has 1 N–H and O–H groups in total. The molecular weight excluding hydrogens is 387 g/mol. The average molecular weight is 404 g/mol. The van der Waals surface area contributed by atoms with Gasteiger partial charge in [0, 0.05) is 35.5 Å². The number of anilines is 1. The lowest BCUT2D eigenvalue weighted by Crippen LogP contribution is -2.37. The fourth-order valence-electron chi connectivity index (χ4n) is 3.58. The Labute approximate surface area is 170 Å². The summed E-state index contributed by atoms with van der Waals surface area (Å²) in [5.74, 6) is 0.191. The van der Waals surface area contributed by atoms with Crippen molar-refractivity contribution in [1.82, 2.24) is 24.7 Å². The summed E-state index contributed by atoms with van der Waals surface area (Å²) in [6.45, 7) is 0.715. The molecule has 0 aliphatic carbocycles. The van der Waals surface area contributed by atoms with E-state index in [9.17, 15) is 9.18 Å². The van der Waals surface area contributed by atoms with Crippen LogP contribution in [0.3, 0.4) is 0 Å². The number of pyridine rings is 1. The molecule has 1 aliphatic heterocycles. The molecule has 1 fully saturated rings. The molecule has 30 heavy (non-hydrogen) atoms. The fourth-order valence-corrected chi connectivity index (χ4v) is 3.58. The minimum absolute atomic E-state index is 0.218. The van der Waals surface area contributed by atoms with Crippen molar-refractivity contribution in [2.45, 2.75) is 12.1 Å². The summed E-state index contributed by atoms with van der Waals surface area (Å²) in [6, 6.07) is 10.6. The molecular formula is C21H17FN6O2. The first-order valence-corrected chi connectivity index (χ1v) is 9.44. The molecule has 0 bridgehead atoms. The average Bonchev–Trinajstić information content (AvgIpc) is 3.22. The largest absolute Gasteiger partial charge is 0.377 e. The molecule has 3 aromatic heterocycles. The Kier molecular flexibility index (Phi) is 4.64. The van der Waals surface area contributed by atoms with E-state index in [1.165, 1.54) is 29.2 Å². The molecule has 8 nitrogen and oxygen atoms in total. The van der Waals surface area contributed by atoms with Crippen LogP contribution in [0.15, 0.2) is 66.0 Å². The highest BCUT2D eigenvalue weighted by Gasteiger charge is 2.32. The van der Waals surface area contributed by atoms with E-state index < -0.39 is 0 Å². The van der Waals surface area contributed by atoms with Gasteiger partial charge in [-0.2, -0.15) is 5.10 Å². The number of nitrogens with one attached hydrogen (secondary N) is 1. The molecule has 9 heteroatoms. The van der Waals surface area contributed by atoms with E-state index in [0.717, 1.165) is 5.56 Å². The molecule has 0 amide bonds. The second-order valence-electron chi connectivity index (χ2n) is 6.98. The number of nitrogens with zero attached hydrogens (tertiary/aromatic N) is 5. The van der Waals surface area contributed by atoms with Crippen molar-refractivity contribution in [1.29, 1.82) is 0 Å². The zero-order valence-electron chi connectivity index (χ0n) is 15.8. The third-order valence-electron chi connectivity index (χ3n) is 5.09. The van der Waals surface area contributed by atoms with Crippen molar-refractivity contribution in [2.24, 2.45) is 0 Å². The quantitative estimate of drug-likeness (QED) is 0.558. The first-order valence-electron chi connectivity index (χ1n) is 9.44. The maximum Gasteiger partial charge on any atom is 0.267 e. The summed E-state index contributed by atoms with van der Waals surface area (Å²) in [5.41, 5.74) is 1.82. The summed E-state index contributed by atoms with van der Waals surface area (Å²) in [6.07, 6.45) is 4.74. The van der Waals surface area contributed by atoms with Gasteiger partial charge in [-0.15, -0.1) is 0 Å². The zero-order valence-corrected chi connectivity index (χ0v) is 15.8. The predicted octanol–water partition coefficient (Wildman–Crippen LogP) is 2.44. The van der Waals surface area contributed by atoms with Crippen LogP contribution >= 0.6 is 0 Å². The van der Waals surface area contributed by atoms with Crippen LogP contribution < -0.4 is 10.9 Å². The Balaban J connectivity index is 1.49. The molecule has 0 spiro atoms. The van der Waals surface area contributed by atoms with Crippen molar-refractivity contribution in [3.8, 4) is 11.3 Å². The number of hydrogen-bond donors (Lipinski definition) is 1. The molecule has 2 unspecified atom stereocenters. The Morgan fingerprint density at radius 3 is 2.80 bits per heavy atom. The van der Waals surface area contributed by atoms with E-state index in [2.05, 4.69) is 25.4 Å². The summed E-state index contributed by atoms with van der Waals surface area (Å²) in [5, 5.41) is 8.58. The summed E-state index contributed by atoms with van der Waals surface area (Å²) < 4.78 is 20.6. The van der Waals surface area contributed by atoms with Crippen molar-refractivity contribution in [2.75, 3.05) is 18.5 Å². The molecule has 2 atom stereocenters. The number of fused-ring (bicyclic) bond motifs is 1. The van der Waals surface area contributed by atoms with E-state index in [1.54, 1.807) is 24.5 Å². The van der Waals surface area contributed by atoms with Crippen LogP contribution in [-0.2, 0) is 4.74 Å². The van der Waals surface area contributed by atoms with Gasteiger partial charge >= 0.3 is 0 Å². The minimum Gasteiger partial charge on any atom is -0.377 e. The molecule has 0 radical (unpaired) electrons. The van der Waals surface area contributed by atoms with Gasteiger partial charge in [0.2, 0.25) is 0 Å². The number of halogens is 1. The number of benzene rings is 1. The Hall–Kier alpha value is -3.72. The highest BCUT2D eigenvalue weighted by atomic mass is 19.1. The standard InChI is InChI=1S/C21H17FN6O2/c22-14-1-2-15-17(9-14)24-12-25-21(15)26-18-10-30-11-19(18)28-20(29)4-3-16(27-28)13-5-7-23-8-6-13/h1-9,12,18-19H,10-11H2,(H,24,25,26). The van der Waals surface area contributed by atoms with Gasteiger partial charge in [-0.05, 0) is 30.3 Å². The number of ether oxygens (including phenoxy) is 1. The highest BCUT2D eigenvalue weighted by molar-refractivity contribution is 5.88. The van der Waals surface area contributed by atoms with Gasteiger partial charge in [0.05, 0.1) is 30.5 Å². The molecule has 5 rings (SSSR count).